The summed E-state index contributed by atoms with van der Waals surface area (Å²) < 4.78 is 11.0. The number of amides is 3. The number of nitrogens with one attached hydrogen (secondary N) is 3. The van der Waals surface area contributed by atoms with Crippen LogP contribution in [-0.4, -0.2) is 89.8 Å². The lowest BCUT2D eigenvalue weighted by Crippen LogP contribution is -2.56. The SMILES string of the molecule is CSCC[C@H](NC(=O)OCC1c2ccccc2-c2ccccc21)C(=O)N[C@@H](CCC(=O)OC(C)(C)C)C(=O)N[C@H](CCCN=C(N)N)C(=O)O. The Kier molecular flexibility index (Phi) is 14.9. The maximum Gasteiger partial charge on any atom is 0.407 e. The monoisotopic (exact) mass is 712 g/mol. The summed E-state index contributed by atoms with van der Waals surface area (Å²) in [6.45, 7) is 5.28. The molecule has 14 nitrogen and oxygen atoms in total. The van der Waals surface area contributed by atoms with Crippen LogP contribution in [0.4, 0.5) is 4.79 Å². The third-order valence-corrected chi connectivity index (χ3v) is 8.46. The summed E-state index contributed by atoms with van der Waals surface area (Å²) in [5.41, 5.74) is 14.1. The van der Waals surface area contributed by atoms with E-state index in [2.05, 4.69) is 20.9 Å². The zero-order valence-corrected chi connectivity index (χ0v) is 29.7. The van der Waals surface area contributed by atoms with Crippen molar-refractivity contribution in [3.8, 4) is 11.1 Å². The molecule has 1 aliphatic carbocycles. The molecule has 0 aliphatic heterocycles. The second-order valence-corrected chi connectivity index (χ2v) is 13.8. The Bertz CT molecular complexity index is 1500. The molecule has 50 heavy (non-hydrogen) atoms. The highest BCUT2D eigenvalue weighted by Crippen LogP contribution is 2.44. The second kappa shape index (κ2) is 18.8. The second-order valence-electron chi connectivity index (χ2n) is 12.8. The Morgan fingerprint density at radius 2 is 1.42 bits per heavy atom. The molecule has 272 valence electrons. The minimum absolute atomic E-state index is 0.00424. The number of nitrogens with zero attached hydrogens (tertiary/aromatic N) is 1. The van der Waals surface area contributed by atoms with Crippen LogP contribution in [0, 0.1) is 0 Å². The van der Waals surface area contributed by atoms with Crippen molar-refractivity contribution in [1.29, 1.82) is 0 Å². The van der Waals surface area contributed by atoms with Crippen LogP contribution < -0.4 is 27.4 Å². The van der Waals surface area contributed by atoms with Crippen LogP contribution in [0.1, 0.15) is 69.9 Å². The summed E-state index contributed by atoms with van der Waals surface area (Å²) in [5.74, 6) is -3.25. The Morgan fingerprint density at radius 1 is 0.860 bits per heavy atom. The van der Waals surface area contributed by atoms with Crippen molar-refractivity contribution in [3.63, 3.8) is 0 Å². The smallest absolute Gasteiger partial charge is 0.407 e. The highest BCUT2D eigenvalue weighted by Gasteiger charge is 2.32. The molecule has 3 amide bonds. The van der Waals surface area contributed by atoms with Crippen molar-refractivity contribution in [3.05, 3.63) is 59.7 Å². The van der Waals surface area contributed by atoms with E-state index in [0.717, 1.165) is 22.3 Å². The highest BCUT2D eigenvalue weighted by atomic mass is 32.2. The van der Waals surface area contributed by atoms with Crippen molar-refractivity contribution in [2.75, 3.05) is 25.2 Å². The van der Waals surface area contributed by atoms with Gasteiger partial charge in [-0.3, -0.25) is 19.4 Å². The van der Waals surface area contributed by atoms with E-state index >= 15 is 0 Å². The molecule has 15 heteroatoms. The number of thioether (sulfide) groups is 1. The molecule has 0 unspecified atom stereocenters. The molecule has 8 N–H and O–H groups in total. The van der Waals surface area contributed by atoms with Crippen molar-refractivity contribution in [2.45, 2.75) is 82.5 Å². The molecular formula is C35H48N6O8S. The van der Waals surface area contributed by atoms with E-state index in [4.69, 9.17) is 20.9 Å². The Balaban J connectivity index is 1.71. The fourth-order valence-electron chi connectivity index (χ4n) is 5.52. The molecule has 1 aliphatic rings. The third-order valence-electron chi connectivity index (χ3n) is 7.81. The van der Waals surface area contributed by atoms with Gasteiger partial charge in [-0.25, -0.2) is 9.59 Å². The number of carbonyl (C=O) groups excluding carboxylic acids is 4. The molecule has 3 rings (SSSR count). The van der Waals surface area contributed by atoms with E-state index < -0.39 is 53.6 Å². The van der Waals surface area contributed by atoms with Crippen LogP contribution in [0.15, 0.2) is 53.5 Å². The fourth-order valence-corrected chi connectivity index (χ4v) is 5.99. The van der Waals surface area contributed by atoms with Gasteiger partial charge in [0.05, 0.1) is 0 Å². The van der Waals surface area contributed by atoms with Gasteiger partial charge in [0.1, 0.15) is 30.3 Å². The summed E-state index contributed by atoms with van der Waals surface area (Å²) in [5, 5.41) is 17.4. The number of carboxylic acids is 1. The van der Waals surface area contributed by atoms with Gasteiger partial charge in [0, 0.05) is 18.9 Å². The number of guanidine groups is 1. The Hall–Kier alpha value is -4.79. The lowest BCUT2D eigenvalue weighted by molar-refractivity contribution is -0.155. The minimum Gasteiger partial charge on any atom is -0.480 e. The average molecular weight is 713 g/mol. The van der Waals surface area contributed by atoms with Crippen LogP contribution in [0.3, 0.4) is 0 Å². The van der Waals surface area contributed by atoms with Crippen molar-refractivity contribution in [1.82, 2.24) is 16.0 Å². The lowest BCUT2D eigenvalue weighted by Gasteiger charge is -2.25. The molecule has 0 radical (unpaired) electrons. The number of carboxylic acid groups (broad SMARTS) is 1. The number of aliphatic imine (C=N–C) groups is 1. The predicted octanol–water partition coefficient (Wildman–Crippen LogP) is 2.88. The zero-order valence-electron chi connectivity index (χ0n) is 28.9. The standard InChI is InChI=1S/C35H48N6O8S/c1-35(2,3)49-29(42)16-15-26(30(43)40-28(32(45)46)14-9-18-38-33(36)37)39-31(44)27(17-19-50-4)41-34(47)48-20-25-23-12-7-5-10-21(23)22-11-6-8-13-24(22)25/h5-8,10-13,25-28H,9,14-20H2,1-4H3,(H,39,44)(H,40,43)(H,41,47)(H,45,46)(H4,36,37,38)/t26-,27-,28+/m0/s1. The molecule has 2 aromatic rings. The first kappa shape index (κ1) is 39.6. The first-order chi connectivity index (χ1) is 23.7. The number of aliphatic carboxylic acids is 1. The molecule has 0 saturated carbocycles. The summed E-state index contributed by atoms with van der Waals surface area (Å²) in [6, 6.07) is 12.1. The molecule has 0 saturated heterocycles. The number of hydrogen-bond acceptors (Lipinski definition) is 9. The van der Waals surface area contributed by atoms with E-state index in [-0.39, 0.29) is 57.1 Å². The first-order valence-electron chi connectivity index (χ1n) is 16.4. The number of ether oxygens (including phenoxy) is 2. The number of fused-ring (bicyclic) bond motifs is 3. The van der Waals surface area contributed by atoms with Crippen molar-refractivity contribution < 1.29 is 38.6 Å². The zero-order chi connectivity index (χ0) is 36.8. The molecule has 0 heterocycles. The molecule has 0 bridgehead atoms. The Morgan fingerprint density at radius 3 is 1.96 bits per heavy atom. The summed E-state index contributed by atoms with van der Waals surface area (Å²) in [4.78, 5) is 68.4. The number of benzene rings is 2. The number of esters is 1. The van der Waals surface area contributed by atoms with E-state index in [9.17, 15) is 29.1 Å². The normalized spacial score (nSPS) is 13.8. The van der Waals surface area contributed by atoms with Crippen LogP contribution in [0.25, 0.3) is 11.1 Å². The minimum atomic E-state index is -1.32. The predicted molar refractivity (Wildman–Crippen MR) is 191 cm³/mol. The Labute approximate surface area is 296 Å². The van der Waals surface area contributed by atoms with E-state index in [1.165, 1.54) is 11.8 Å². The summed E-state index contributed by atoms with van der Waals surface area (Å²) in [6.07, 6.45) is 1.07. The molecule has 3 atom stereocenters. The fraction of sp³-hybridized carbons (Fsp3) is 0.486. The largest absolute Gasteiger partial charge is 0.480 e. The number of hydrogen-bond donors (Lipinski definition) is 6. The van der Waals surface area contributed by atoms with Gasteiger partial charge in [-0.2, -0.15) is 11.8 Å². The topological polar surface area (TPSA) is 225 Å². The quantitative estimate of drug-likeness (QED) is 0.0570. The van der Waals surface area contributed by atoms with E-state index in [1.54, 1.807) is 20.8 Å². The van der Waals surface area contributed by atoms with Crippen molar-refractivity contribution >= 4 is 47.6 Å². The molecule has 0 aromatic heterocycles. The molecule has 0 fully saturated rings. The van der Waals surface area contributed by atoms with Gasteiger partial charge in [0.2, 0.25) is 11.8 Å². The van der Waals surface area contributed by atoms with Gasteiger partial charge in [-0.05, 0) is 80.7 Å². The van der Waals surface area contributed by atoms with Gasteiger partial charge in [-0.15, -0.1) is 0 Å². The number of rotatable bonds is 18. The van der Waals surface area contributed by atoms with Crippen LogP contribution in [0.5, 0.6) is 0 Å². The average Bonchev–Trinajstić information content (AvgIpc) is 3.37. The van der Waals surface area contributed by atoms with Crippen LogP contribution >= 0.6 is 11.8 Å². The number of nitrogens with two attached hydrogens (primary N) is 2. The van der Waals surface area contributed by atoms with Crippen LogP contribution in [-0.2, 0) is 28.7 Å². The number of alkyl carbamates (subject to hydrolysis) is 1. The highest BCUT2D eigenvalue weighted by molar-refractivity contribution is 7.98. The van der Waals surface area contributed by atoms with E-state index in [1.807, 2.05) is 54.8 Å². The maximum absolute atomic E-state index is 13.6. The van der Waals surface area contributed by atoms with Gasteiger partial charge in [-0.1, -0.05) is 48.5 Å². The third kappa shape index (κ3) is 12.3. The van der Waals surface area contributed by atoms with Gasteiger partial charge in [0.25, 0.3) is 0 Å². The van der Waals surface area contributed by atoms with Crippen LogP contribution in [0.2, 0.25) is 0 Å². The molecule has 0 spiro atoms. The van der Waals surface area contributed by atoms with Gasteiger partial charge < -0.3 is 42.0 Å². The first-order valence-corrected chi connectivity index (χ1v) is 17.8. The van der Waals surface area contributed by atoms with Gasteiger partial charge >= 0.3 is 18.0 Å². The summed E-state index contributed by atoms with van der Waals surface area (Å²) >= 11 is 1.46. The van der Waals surface area contributed by atoms with Crippen molar-refractivity contribution in [2.24, 2.45) is 16.5 Å². The number of carbonyl (C=O) groups is 5. The van der Waals surface area contributed by atoms with E-state index in [0.29, 0.717) is 5.75 Å². The molecular weight excluding hydrogens is 664 g/mol. The lowest BCUT2D eigenvalue weighted by atomic mass is 9.98. The van der Waals surface area contributed by atoms with Gasteiger partial charge in [0.15, 0.2) is 5.96 Å². The maximum atomic E-state index is 13.6. The molecule has 2 aromatic carbocycles. The summed E-state index contributed by atoms with van der Waals surface area (Å²) in [7, 11) is 0.